The lowest BCUT2D eigenvalue weighted by Crippen LogP contribution is -2.34. The molecule has 0 saturated carbocycles. The second kappa shape index (κ2) is 6.75. The maximum absolute atomic E-state index is 12.0. The summed E-state index contributed by atoms with van der Waals surface area (Å²) in [6.45, 7) is 1.62. The van der Waals surface area contributed by atoms with Gasteiger partial charge in [0.1, 0.15) is 5.75 Å². The van der Waals surface area contributed by atoms with E-state index in [4.69, 9.17) is 9.26 Å². The Morgan fingerprint density at radius 2 is 2.14 bits per heavy atom. The zero-order valence-corrected chi connectivity index (χ0v) is 12.6. The van der Waals surface area contributed by atoms with Gasteiger partial charge >= 0.3 is 0 Å². The Labute approximate surface area is 127 Å². The molecule has 7 nitrogen and oxygen atoms in total. The quantitative estimate of drug-likeness (QED) is 0.908. The number of nitrogens with zero attached hydrogens (tertiary/aromatic N) is 2. The molecule has 1 aromatic heterocycles. The number of anilines is 1. The van der Waals surface area contributed by atoms with Crippen molar-refractivity contribution in [2.24, 2.45) is 0 Å². The third kappa shape index (κ3) is 3.85. The lowest BCUT2D eigenvalue weighted by molar-refractivity contribution is -0.116. The van der Waals surface area contributed by atoms with Crippen molar-refractivity contribution in [3.63, 3.8) is 0 Å². The van der Waals surface area contributed by atoms with Crippen molar-refractivity contribution in [3.8, 4) is 5.75 Å². The minimum atomic E-state index is -0.401. The Bertz CT molecular complexity index is 681. The van der Waals surface area contributed by atoms with E-state index >= 15 is 0 Å². The first-order valence-corrected chi connectivity index (χ1v) is 6.62. The minimum absolute atomic E-state index is 0.101. The summed E-state index contributed by atoms with van der Waals surface area (Å²) in [5.74, 6) is 0.0234. The standard InChI is InChI=1S/C15H17N3O4/c1-10-7-13(22-17-10)15(20)18(2)9-14(19)16-11-5-4-6-12(8-11)21-3/h4-8H,9H2,1-3H3,(H,16,19). The summed E-state index contributed by atoms with van der Waals surface area (Å²) >= 11 is 0. The average Bonchev–Trinajstić information content (AvgIpc) is 2.93. The Kier molecular flexibility index (Phi) is 4.77. The number of aromatic nitrogens is 1. The van der Waals surface area contributed by atoms with Crippen LogP contribution in [0.4, 0.5) is 5.69 Å². The van der Waals surface area contributed by atoms with E-state index in [0.29, 0.717) is 17.1 Å². The highest BCUT2D eigenvalue weighted by molar-refractivity contribution is 5.97. The number of likely N-dealkylation sites (N-methyl/N-ethyl adjacent to an activating group) is 1. The molecule has 0 atom stereocenters. The van der Waals surface area contributed by atoms with Crippen molar-refractivity contribution >= 4 is 17.5 Å². The number of nitrogens with one attached hydrogen (secondary N) is 1. The fraction of sp³-hybridized carbons (Fsp3) is 0.267. The number of carbonyl (C=O) groups is 2. The highest BCUT2D eigenvalue weighted by Crippen LogP contribution is 2.16. The number of benzene rings is 1. The van der Waals surface area contributed by atoms with Crippen molar-refractivity contribution in [3.05, 3.63) is 41.8 Å². The smallest absolute Gasteiger partial charge is 0.292 e. The first-order valence-electron chi connectivity index (χ1n) is 6.62. The van der Waals surface area contributed by atoms with Gasteiger partial charge in [0.15, 0.2) is 0 Å². The van der Waals surface area contributed by atoms with Crippen LogP contribution in [0.25, 0.3) is 0 Å². The molecule has 0 bridgehead atoms. The van der Waals surface area contributed by atoms with Gasteiger partial charge in [-0.3, -0.25) is 9.59 Å². The second-order valence-electron chi connectivity index (χ2n) is 4.77. The van der Waals surface area contributed by atoms with Crippen molar-refractivity contribution in [1.29, 1.82) is 0 Å². The molecule has 0 fully saturated rings. The highest BCUT2D eigenvalue weighted by atomic mass is 16.5. The summed E-state index contributed by atoms with van der Waals surface area (Å²) in [4.78, 5) is 25.3. The molecular weight excluding hydrogens is 286 g/mol. The van der Waals surface area contributed by atoms with Crippen LogP contribution < -0.4 is 10.1 Å². The highest BCUT2D eigenvalue weighted by Gasteiger charge is 2.19. The van der Waals surface area contributed by atoms with Crippen LogP contribution in [-0.4, -0.2) is 42.6 Å². The molecule has 1 N–H and O–H groups in total. The van der Waals surface area contributed by atoms with Crippen molar-refractivity contribution in [2.75, 3.05) is 26.0 Å². The fourth-order valence-electron chi connectivity index (χ4n) is 1.84. The summed E-state index contributed by atoms with van der Waals surface area (Å²) in [5, 5.41) is 6.35. The molecule has 0 unspecified atom stereocenters. The van der Waals surface area contributed by atoms with Gasteiger partial charge < -0.3 is 19.5 Å². The van der Waals surface area contributed by atoms with Crippen LogP contribution in [0.2, 0.25) is 0 Å². The van der Waals surface area contributed by atoms with Gasteiger partial charge in [-0.05, 0) is 19.1 Å². The van der Waals surface area contributed by atoms with Gasteiger partial charge in [-0.1, -0.05) is 11.2 Å². The van der Waals surface area contributed by atoms with E-state index in [1.165, 1.54) is 18.0 Å². The van der Waals surface area contributed by atoms with Gasteiger partial charge in [0.25, 0.3) is 5.91 Å². The normalized spacial score (nSPS) is 10.1. The molecule has 0 aliphatic carbocycles. The molecule has 0 radical (unpaired) electrons. The van der Waals surface area contributed by atoms with Crippen LogP contribution in [0.3, 0.4) is 0 Å². The zero-order valence-electron chi connectivity index (χ0n) is 12.6. The van der Waals surface area contributed by atoms with Gasteiger partial charge in [-0.25, -0.2) is 0 Å². The van der Waals surface area contributed by atoms with Crippen LogP contribution in [-0.2, 0) is 4.79 Å². The summed E-state index contributed by atoms with van der Waals surface area (Å²) in [6, 6.07) is 8.50. The number of amides is 2. The summed E-state index contributed by atoms with van der Waals surface area (Å²) in [7, 11) is 3.07. The van der Waals surface area contributed by atoms with Crippen molar-refractivity contribution in [2.45, 2.75) is 6.92 Å². The number of rotatable bonds is 5. The predicted octanol–water partition coefficient (Wildman–Crippen LogP) is 1.70. The molecule has 7 heteroatoms. The van der Waals surface area contributed by atoms with Gasteiger partial charge in [0, 0.05) is 24.9 Å². The van der Waals surface area contributed by atoms with Crippen molar-refractivity contribution < 1.29 is 18.8 Å². The van der Waals surface area contributed by atoms with Gasteiger partial charge in [-0.15, -0.1) is 0 Å². The van der Waals surface area contributed by atoms with E-state index < -0.39 is 5.91 Å². The van der Waals surface area contributed by atoms with E-state index in [-0.39, 0.29) is 18.2 Å². The lowest BCUT2D eigenvalue weighted by atomic mass is 10.3. The van der Waals surface area contributed by atoms with E-state index in [0.717, 1.165) is 0 Å². The molecular formula is C15H17N3O4. The van der Waals surface area contributed by atoms with E-state index in [1.54, 1.807) is 38.3 Å². The predicted molar refractivity (Wildman–Crippen MR) is 79.8 cm³/mol. The Hall–Kier alpha value is -2.83. The van der Waals surface area contributed by atoms with Gasteiger partial charge in [0.05, 0.1) is 19.3 Å². The SMILES string of the molecule is COc1cccc(NC(=O)CN(C)C(=O)c2cc(C)no2)c1. The van der Waals surface area contributed by atoms with E-state index in [2.05, 4.69) is 10.5 Å². The first-order chi connectivity index (χ1) is 10.5. The maximum Gasteiger partial charge on any atom is 0.292 e. The third-order valence-electron chi connectivity index (χ3n) is 2.92. The van der Waals surface area contributed by atoms with Crippen LogP contribution >= 0.6 is 0 Å². The summed E-state index contributed by atoms with van der Waals surface area (Å²) in [5.41, 5.74) is 1.21. The Morgan fingerprint density at radius 3 is 2.77 bits per heavy atom. The number of carbonyl (C=O) groups excluding carboxylic acids is 2. The van der Waals surface area contributed by atoms with Gasteiger partial charge in [-0.2, -0.15) is 0 Å². The molecule has 116 valence electrons. The minimum Gasteiger partial charge on any atom is -0.497 e. The molecule has 22 heavy (non-hydrogen) atoms. The fourth-order valence-corrected chi connectivity index (χ4v) is 1.84. The van der Waals surface area contributed by atoms with Crippen LogP contribution in [0.1, 0.15) is 16.2 Å². The van der Waals surface area contributed by atoms with Crippen LogP contribution in [0.15, 0.2) is 34.9 Å². The molecule has 0 aliphatic heterocycles. The summed E-state index contributed by atoms with van der Waals surface area (Å²) in [6.07, 6.45) is 0. The molecule has 2 amide bonds. The Balaban J connectivity index is 1.94. The number of ether oxygens (including phenoxy) is 1. The molecule has 0 saturated heterocycles. The van der Waals surface area contributed by atoms with E-state index in [9.17, 15) is 9.59 Å². The topological polar surface area (TPSA) is 84.7 Å². The van der Waals surface area contributed by atoms with E-state index in [1.807, 2.05) is 0 Å². The second-order valence-corrected chi connectivity index (χ2v) is 4.77. The molecule has 2 aromatic rings. The lowest BCUT2D eigenvalue weighted by Gasteiger charge is -2.15. The number of hydrogen-bond acceptors (Lipinski definition) is 5. The molecule has 0 spiro atoms. The van der Waals surface area contributed by atoms with Crippen LogP contribution in [0, 0.1) is 6.92 Å². The van der Waals surface area contributed by atoms with Crippen molar-refractivity contribution in [1.82, 2.24) is 10.1 Å². The Morgan fingerprint density at radius 1 is 1.36 bits per heavy atom. The summed E-state index contributed by atoms with van der Waals surface area (Å²) < 4.78 is 9.97. The molecule has 0 aliphatic rings. The molecule has 2 rings (SSSR count). The molecule has 1 aromatic carbocycles. The molecule has 1 heterocycles. The number of methoxy groups -OCH3 is 1. The third-order valence-corrected chi connectivity index (χ3v) is 2.92. The first kappa shape index (κ1) is 15.6. The van der Waals surface area contributed by atoms with Crippen LogP contribution in [0.5, 0.6) is 5.75 Å². The number of hydrogen-bond donors (Lipinski definition) is 1. The van der Waals surface area contributed by atoms with Gasteiger partial charge in [0.2, 0.25) is 11.7 Å². The zero-order chi connectivity index (χ0) is 16.1. The average molecular weight is 303 g/mol. The number of aryl methyl sites for hydroxylation is 1. The monoisotopic (exact) mass is 303 g/mol. The largest absolute Gasteiger partial charge is 0.497 e. The maximum atomic E-state index is 12.0.